The number of hydrogen-bond acceptors (Lipinski definition) is 4. The van der Waals surface area contributed by atoms with Crippen LogP contribution in [0.3, 0.4) is 0 Å². The van der Waals surface area contributed by atoms with Crippen LogP contribution in [-0.2, 0) is 0 Å². The van der Waals surface area contributed by atoms with E-state index in [2.05, 4.69) is 22.0 Å². The molecule has 1 aliphatic heterocycles. The molecule has 0 spiro atoms. The number of nitro benzene ring substituents is 1. The van der Waals surface area contributed by atoms with Gasteiger partial charge in [-0.05, 0) is 43.1 Å². The van der Waals surface area contributed by atoms with Gasteiger partial charge in [-0.3, -0.25) is 10.1 Å². The molecular formula is C18H26N4O2S. The van der Waals surface area contributed by atoms with Crippen molar-refractivity contribution in [3.05, 3.63) is 34.4 Å². The van der Waals surface area contributed by atoms with Crippen molar-refractivity contribution in [1.82, 2.24) is 10.2 Å². The van der Waals surface area contributed by atoms with Gasteiger partial charge >= 0.3 is 0 Å². The number of non-ortho nitro benzene ring substituents is 1. The highest BCUT2D eigenvalue weighted by Gasteiger charge is 2.25. The van der Waals surface area contributed by atoms with Crippen molar-refractivity contribution >= 4 is 28.7 Å². The normalized spacial score (nSPS) is 24.0. The minimum Gasteiger partial charge on any atom is -0.368 e. The number of anilines is 1. The zero-order valence-electron chi connectivity index (χ0n) is 14.7. The lowest BCUT2D eigenvalue weighted by Gasteiger charge is -2.39. The van der Waals surface area contributed by atoms with Gasteiger partial charge in [-0.25, -0.2) is 0 Å². The molecule has 0 radical (unpaired) electrons. The molecule has 1 saturated heterocycles. The van der Waals surface area contributed by atoms with E-state index in [0.29, 0.717) is 12.0 Å². The van der Waals surface area contributed by atoms with Crippen LogP contribution in [0.4, 0.5) is 11.4 Å². The van der Waals surface area contributed by atoms with Crippen molar-refractivity contribution in [3.63, 3.8) is 0 Å². The molecule has 2 aliphatic rings. The van der Waals surface area contributed by atoms with E-state index >= 15 is 0 Å². The van der Waals surface area contributed by atoms with Crippen LogP contribution < -0.4 is 10.2 Å². The smallest absolute Gasteiger partial charge is 0.269 e. The monoisotopic (exact) mass is 362 g/mol. The summed E-state index contributed by atoms with van der Waals surface area (Å²) in [6.45, 7) is 5.82. The van der Waals surface area contributed by atoms with Crippen LogP contribution in [0.1, 0.15) is 32.6 Å². The summed E-state index contributed by atoms with van der Waals surface area (Å²) in [6.07, 6.45) is 5.12. The Balaban J connectivity index is 1.51. The van der Waals surface area contributed by atoms with E-state index in [9.17, 15) is 10.1 Å². The van der Waals surface area contributed by atoms with Gasteiger partial charge in [0.2, 0.25) is 0 Å². The van der Waals surface area contributed by atoms with Crippen LogP contribution in [-0.4, -0.2) is 47.2 Å². The van der Waals surface area contributed by atoms with E-state index in [1.165, 1.54) is 25.7 Å². The topological polar surface area (TPSA) is 61.6 Å². The fraction of sp³-hybridized carbons (Fsp3) is 0.611. The molecule has 6 nitrogen and oxygen atoms in total. The molecule has 1 N–H and O–H groups in total. The quantitative estimate of drug-likeness (QED) is 0.506. The first-order valence-electron chi connectivity index (χ1n) is 9.09. The lowest BCUT2D eigenvalue weighted by molar-refractivity contribution is -0.384. The minimum absolute atomic E-state index is 0.134. The summed E-state index contributed by atoms with van der Waals surface area (Å²) in [4.78, 5) is 14.9. The van der Waals surface area contributed by atoms with Gasteiger partial charge < -0.3 is 15.1 Å². The summed E-state index contributed by atoms with van der Waals surface area (Å²) < 4.78 is 0. The molecule has 25 heavy (non-hydrogen) atoms. The van der Waals surface area contributed by atoms with Gasteiger partial charge in [0.25, 0.3) is 5.69 Å². The highest BCUT2D eigenvalue weighted by atomic mass is 32.1. The molecule has 0 unspecified atom stereocenters. The fourth-order valence-electron chi connectivity index (χ4n) is 3.73. The molecule has 1 saturated carbocycles. The molecular weight excluding hydrogens is 336 g/mol. The molecule has 1 heterocycles. The van der Waals surface area contributed by atoms with Gasteiger partial charge in [0.15, 0.2) is 5.11 Å². The lowest BCUT2D eigenvalue weighted by atomic mass is 9.86. The highest BCUT2D eigenvalue weighted by Crippen LogP contribution is 2.24. The molecule has 3 rings (SSSR count). The first kappa shape index (κ1) is 17.9. The lowest BCUT2D eigenvalue weighted by Crippen LogP contribution is -2.54. The zero-order chi connectivity index (χ0) is 17.8. The van der Waals surface area contributed by atoms with Gasteiger partial charge in [0.1, 0.15) is 0 Å². The maximum atomic E-state index is 10.8. The van der Waals surface area contributed by atoms with Crippen LogP contribution in [0.2, 0.25) is 0 Å². The second kappa shape index (κ2) is 7.99. The third kappa shape index (κ3) is 4.39. The Bertz CT molecular complexity index is 614. The Morgan fingerprint density at radius 1 is 1.16 bits per heavy atom. The second-order valence-corrected chi connectivity index (χ2v) is 7.45. The average Bonchev–Trinajstić information content (AvgIpc) is 2.64. The van der Waals surface area contributed by atoms with E-state index in [4.69, 9.17) is 12.2 Å². The molecule has 1 aromatic rings. The Morgan fingerprint density at radius 2 is 1.80 bits per heavy atom. The molecule has 1 aromatic carbocycles. The van der Waals surface area contributed by atoms with Crippen molar-refractivity contribution in [2.24, 2.45) is 5.92 Å². The number of nitrogens with one attached hydrogen (secondary N) is 1. The van der Waals surface area contributed by atoms with Crippen LogP contribution in [0.15, 0.2) is 24.3 Å². The number of nitro groups is 1. The predicted molar refractivity (Wildman–Crippen MR) is 104 cm³/mol. The van der Waals surface area contributed by atoms with Crippen molar-refractivity contribution in [3.8, 4) is 0 Å². The van der Waals surface area contributed by atoms with Gasteiger partial charge in [-0.1, -0.05) is 19.8 Å². The molecule has 2 fully saturated rings. The summed E-state index contributed by atoms with van der Waals surface area (Å²) >= 11 is 5.63. The van der Waals surface area contributed by atoms with Crippen molar-refractivity contribution < 1.29 is 4.92 Å². The molecule has 7 heteroatoms. The fourth-order valence-corrected chi connectivity index (χ4v) is 4.07. The summed E-state index contributed by atoms with van der Waals surface area (Å²) in [5.74, 6) is 0.688. The molecule has 0 amide bonds. The Morgan fingerprint density at radius 3 is 2.40 bits per heavy atom. The van der Waals surface area contributed by atoms with Crippen molar-refractivity contribution in [2.75, 3.05) is 31.1 Å². The van der Waals surface area contributed by atoms with E-state index in [1.807, 2.05) is 12.1 Å². The first-order valence-corrected chi connectivity index (χ1v) is 9.50. The van der Waals surface area contributed by atoms with Crippen LogP contribution in [0.5, 0.6) is 0 Å². The number of rotatable bonds is 3. The number of thiocarbonyl (C=S) groups is 1. The minimum atomic E-state index is -0.363. The van der Waals surface area contributed by atoms with Crippen LogP contribution in [0.25, 0.3) is 0 Å². The number of nitrogens with zero attached hydrogens (tertiary/aromatic N) is 3. The SMILES string of the molecule is C[C@@H]1CCCC[C@@H]1NC(=S)N1CCN(c2ccc([N+](=O)[O-])cc2)CC1. The van der Waals surface area contributed by atoms with Crippen LogP contribution >= 0.6 is 12.2 Å². The molecule has 1 aliphatic carbocycles. The van der Waals surface area contributed by atoms with Gasteiger partial charge in [-0.2, -0.15) is 0 Å². The number of hydrogen-bond donors (Lipinski definition) is 1. The zero-order valence-corrected chi connectivity index (χ0v) is 15.5. The van der Waals surface area contributed by atoms with E-state index < -0.39 is 0 Å². The number of piperazine rings is 1. The van der Waals surface area contributed by atoms with Crippen molar-refractivity contribution in [2.45, 2.75) is 38.6 Å². The van der Waals surface area contributed by atoms with E-state index in [-0.39, 0.29) is 10.6 Å². The highest BCUT2D eigenvalue weighted by molar-refractivity contribution is 7.80. The average molecular weight is 362 g/mol. The van der Waals surface area contributed by atoms with E-state index in [1.54, 1.807) is 12.1 Å². The Labute approximate surface area is 154 Å². The summed E-state index contributed by atoms with van der Waals surface area (Å²) in [6, 6.07) is 7.30. The molecule has 0 aromatic heterocycles. The second-order valence-electron chi connectivity index (χ2n) is 7.07. The van der Waals surface area contributed by atoms with Gasteiger partial charge in [-0.15, -0.1) is 0 Å². The third-order valence-corrected chi connectivity index (χ3v) is 5.79. The van der Waals surface area contributed by atoms with E-state index in [0.717, 1.165) is 37.0 Å². The maximum Gasteiger partial charge on any atom is 0.269 e. The maximum absolute atomic E-state index is 10.8. The van der Waals surface area contributed by atoms with Gasteiger partial charge in [0.05, 0.1) is 4.92 Å². The molecule has 0 bridgehead atoms. The Kier molecular flexibility index (Phi) is 5.73. The summed E-state index contributed by atoms with van der Waals surface area (Å²) in [5.41, 5.74) is 1.17. The van der Waals surface area contributed by atoms with Crippen molar-refractivity contribution in [1.29, 1.82) is 0 Å². The third-order valence-electron chi connectivity index (χ3n) is 5.41. The van der Waals surface area contributed by atoms with Crippen LogP contribution in [0, 0.1) is 16.0 Å². The molecule has 2 atom stereocenters. The van der Waals surface area contributed by atoms with Gasteiger partial charge in [0, 0.05) is 50.0 Å². The largest absolute Gasteiger partial charge is 0.368 e. The number of benzene rings is 1. The predicted octanol–water partition coefficient (Wildman–Crippen LogP) is 3.17. The standard InChI is InChI=1S/C18H26N4O2S/c1-14-4-2-3-5-17(14)19-18(25)21-12-10-20(11-13-21)15-6-8-16(9-7-15)22(23)24/h6-9,14,17H,2-5,10-13H2,1H3,(H,19,25)/t14-,17+/m1/s1. The Hall–Kier alpha value is -1.89. The summed E-state index contributed by atoms with van der Waals surface area (Å²) in [7, 11) is 0. The first-order chi connectivity index (χ1) is 12.0. The molecule has 136 valence electrons. The summed E-state index contributed by atoms with van der Waals surface area (Å²) in [5, 5.41) is 15.2.